The number of nitrogens with zero attached hydrogens (tertiary/aromatic N) is 5. The summed E-state index contributed by atoms with van der Waals surface area (Å²) in [4.78, 5) is 16.4. The molecule has 5 rings (SSSR count). The molecule has 0 aliphatic carbocycles. The lowest BCUT2D eigenvalue weighted by molar-refractivity contribution is 0.629. The zero-order chi connectivity index (χ0) is 19.6. The van der Waals surface area contributed by atoms with Gasteiger partial charge >= 0.3 is 0 Å². The summed E-state index contributed by atoms with van der Waals surface area (Å²) in [5, 5.41) is 11.1. The molecule has 0 aliphatic heterocycles. The van der Waals surface area contributed by atoms with Crippen molar-refractivity contribution >= 4 is 22.7 Å². The molecule has 140 valence electrons. The molecule has 0 radical (unpaired) electrons. The SMILES string of the molecule is Fc1ccc2nc(-c3cccc(Nc4ncc(-c5cccnn5)cn4)c3)[nH]c2c1. The highest BCUT2D eigenvalue weighted by molar-refractivity contribution is 5.80. The Balaban J connectivity index is 1.39. The topological polar surface area (TPSA) is 92.3 Å². The first-order valence-corrected chi connectivity index (χ1v) is 8.87. The van der Waals surface area contributed by atoms with Crippen molar-refractivity contribution in [3.05, 3.63) is 79.0 Å². The van der Waals surface area contributed by atoms with E-state index in [0.717, 1.165) is 16.8 Å². The van der Waals surface area contributed by atoms with Gasteiger partial charge in [-0.25, -0.2) is 19.3 Å². The van der Waals surface area contributed by atoms with Gasteiger partial charge in [-0.05, 0) is 42.5 Å². The zero-order valence-electron chi connectivity index (χ0n) is 15.0. The number of aromatic amines is 1. The minimum absolute atomic E-state index is 0.301. The van der Waals surface area contributed by atoms with Crippen LogP contribution in [0.2, 0.25) is 0 Å². The minimum atomic E-state index is -0.301. The first kappa shape index (κ1) is 16.9. The highest BCUT2D eigenvalue weighted by Crippen LogP contribution is 2.25. The molecule has 0 atom stereocenters. The predicted molar refractivity (Wildman–Crippen MR) is 108 cm³/mol. The maximum Gasteiger partial charge on any atom is 0.227 e. The van der Waals surface area contributed by atoms with Crippen LogP contribution >= 0.6 is 0 Å². The van der Waals surface area contributed by atoms with Crippen LogP contribution in [-0.2, 0) is 0 Å². The van der Waals surface area contributed by atoms with Crippen LogP contribution in [0.25, 0.3) is 33.7 Å². The van der Waals surface area contributed by atoms with E-state index in [2.05, 4.69) is 35.5 Å². The lowest BCUT2D eigenvalue weighted by Crippen LogP contribution is -1.97. The smallest absolute Gasteiger partial charge is 0.227 e. The monoisotopic (exact) mass is 383 g/mol. The summed E-state index contributed by atoms with van der Waals surface area (Å²) >= 11 is 0. The maximum absolute atomic E-state index is 13.4. The van der Waals surface area contributed by atoms with Crippen LogP contribution in [0.3, 0.4) is 0 Å². The molecule has 0 aliphatic rings. The van der Waals surface area contributed by atoms with E-state index < -0.39 is 0 Å². The van der Waals surface area contributed by atoms with Crippen LogP contribution in [0.5, 0.6) is 0 Å². The van der Waals surface area contributed by atoms with Crippen molar-refractivity contribution in [2.24, 2.45) is 0 Å². The summed E-state index contributed by atoms with van der Waals surface area (Å²) < 4.78 is 13.4. The van der Waals surface area contributed by atoms with Crippen molar-refractivity contribution in [3.8, 4) is 22.6 Å². The molecule has 3 heterocycles. The molecule has 2 N–H and O–H groups in total. The summed E-state index contributed by atoms with van der Waals surface area (Å²) in [5.41, 5.74) is 4.53. The third-order valence-corrected chi connectivity index (χ3v) is 4.36. The first-order chi connectivity index (χ1) is 14.2. The lowest BCUT2D eigenvalue weighted by Gasteiger charge is -2.06. The number of hydrogen-bond donors (Lipinski definition) is 2. The molecule has 0 saturated heterocycles. The fraction of sp³-hybridized carbons (Fsp3) is 0. The van der Waals surface area contributed by atoms with Gasteiger partial charge in [-0.3, -0.25) is 0 Å². The third kappa shape index (κ3) is 3.51. The van der Waals surface area contributed by atoms with Gasteiger partial charge in [0.05, 0.1) is 16.7 Å². The first-order valence-electron chi connectivity index (χ1n) is 8.87. The van der Waals surface area contributed by atoms with Gasteiger partial charge in [-0.1, -0.05) is 12.1 Å². The average molecular weight is 383 g/mol. The van der Waals surface area contributed by atoms with Gasteiger partial charge in [-0.15, -0.1) is 0 Å². The van der Waals surface area contributed by atoms with Crippen LogP contribution in [0.15, 0.2) is 73.2 Å². The second-order valence-electron chi connectivity index (χ2n) is 6.36. The van der Waals surface area contributed by atoms with E-state index >= 15 is 0 Å². The van der Waals surface area contributed by atoms with Crippen LogP contribution in [0, 0.1) is 5.82 Å². The summed E-state index contributed by atoms with van der Waals surface area (Å²) in [7, 11) is 0. The predicted octanol–water partition coefficient (Wildman–Crippen LogP) is 4.36. The van der Waals surface area contributed by atoms with Crippen molar-refractivity contribution in [3.63, 3.8) is 0 Å². The van der Waals surface area contributed by atoms with Crippen LogP contribution in [-0.4, -0.2) is 30.1 Å². The molecule has 0 bridgehead atoms. The Labute approximate surface area is 164 Å². The Morgan fingerprint density at radius 2 is 1.79 bits per heavy atom. The van der Waals surface area contributed by atoms with E-state index in [1.807, 2.05) is 36.4 Å². The zero-order valence-corrected chi connectivity index (χ0v) is 15.0. The molecule has 0 unspecified atom stereocenters. The Kier molecular flexibility index (Phi) is 4.14. The number of benzene rings is 2. The van der Waals surface area contributed by atoms with E-state index in [0.29, 0.717) is 28.5 Å². The number of nitrogens with one attached hydrogen (secondary N) is 2. The Morgan fingerprint density at radius 3 is 2.62 bits per heavy atom. The normalized spacial score (nSPS) is 10.9. The highest BCUT2D eigenvalue weighted by Gasteiger charge is 2.08. The number of hydrogen-bond acceptors (Lipinski definition) is 6. The number of anilines is 2. The van der Waals surface area contributed by atoms with Gasteiger partial charge in [0.1, 0.15) is 11.6 Å². The quantitative estimate of drug-likeness (QED) is 0.479. The standard InChI is InChI=1S/C21H14FN7/c22-15-6-7-18-19(10-15)28-20(27-18)13-3-1-4-16(9-13)26-21-23-11-14(12-24-21)17-5-2-8-25-29-17/h1-12H,(H,27,28)(H,23,24,26). The van der Waals surface area contributed by atoms with Crippen molar-refractivity contribution in [1.29, 1.82) is 0 Å². The van der Waals surface area contributed by atoms with Gasteiger partial charge in [0.15, 0.2) is 0 Å². The molecule has 29 heavy (non-hydrogen) atoms. The summed E-state index contributed by atoms with van der Waals surface area (Å²) in [6.07, 6.45) is 5.00. The lowest BCUT2D eigenvalue weighted by atomic mass is 10.2. The fourth-order valence-electron chi connectivity index (χ4n) is 2.97. The second-order valence-corrected chi connectivity index (χ2v) is 6.36. The van der Waals surface area contributed by atoms with Gasteiger partial charge in [0, 0.05) is 35.4 Å². The molecule has 8 heteroatoms. The molecular weight excluding hydrogens is 369 g/mol. The largest absolute Gasteiger partial charge is 0.338 e. The highest BCUT2D eigenvalue weighted by atomic mass is 19.1. The number of halogens is 1. The van der Waals surface area contributed by atoms with Crippen LogP contribution in [0.4, 0.5) is 16.0 Å². The van der Waals surface area contributed by atoms with Crippen LogP contribution < -0.4 is 5.32 Å². The maximum atomic E-state index is 13.4. The number of H-pyrrole nitrogens is 1. The van der Waals surface area contributed by atoms with Crippen LogP contribution in [0.1, 0.15) is 0 Å². The Bertz CT molecular complexity index is 1280. The van der Waals surface area contributed by atoms with E-state index in [1.54, 1.807) is 24.7 Å². The second kappa shape index (κ2) is 7.08. The van der Waals surface area contributed by atoms with E-state index in [4.69, 9.17) is 0 Å². The molecule has 0 saturated carbocycles. The van der Waals surface area contributed by atoms with E-state index in [9.17, 15) is 4.39 Å². The van der Waals surface area contributed by atoms with Gasteiger partial charge < -0.3 is 10.3 Å². The number of aromatic nitrogens is 6. The molecule has 0 amide bonds. The van der Waals surface area contributed by atoms with Gasteiger partial charge in [0.2, 0.25) is 5.95 Å². The van der Waals surface area contributed by atoms with Gasteiger partial charge in [0.25, 0.3) is 0 Å². The van der Waals surface area contributed by atoms with Gasteiger partial charge in [-0.2, -0.15) is 10.2 Å². The van der Waals surface area contributed by atoms with E-state index in [1.165, 1.54) is 12.1 Å². The van der Waals surface area contributed by atoms with E-state index in [-0.39, 0.29) is 5.82 Å². The summed E-state index contributed by atoms with van der Waals surface area (Å²) in [5.74, 6) is 0.819. The summed E-state index contributed by atoms with van der Waals surface area (Å²) in [6, 6.07) is 15.8. The number of imidazole rings is 1. The van der Waals surface area contributed by atoms with Crippen molar-refractivity contribution in [2.45, 2.75) is 0 Å². The Morgan fingerprint density at radius 1 is 0.897 bits per heavy atom. The molecule has 0 spiro atoms. The molecule has 2 aromatic carbocycles. The van der Waals surface area contributed by atoms with Crippen molar-refractivity contribution < 1.29 is 4.39 Å². The summed E-state index contributed by atoms with van der Waals surface area (Å²) in [6.45, 7) is 0. The minimum Gasteiger partial charge on any atom is -0.338 e. The molecular formula is C21H14FN7. The molecule has 5 aromatic rings. The number of rotatable bonds is 4. The van der Waals surface area contributed by atoms with Crippen molar-refractivity contribution in [1.82, 2.24) is 30.1 Å². The van der Waals surface area contributed by atoms with Crippen molar-refractivity contribution in [2.75, 3.05) is 5.32 Å². The Hall–Kier alpha value is -4.20. The fourth-order valence-corrected chi connectivity index (χ4v) is 2.97. The molecule has 0 fully saturated rings. The molecule has 7 nitrogen and oxygen atoms in total. The average Bonchev–Trinajstić information content (AvgIpc) is 3.18. The number of fused-ring (bicyclic) bond motifs is 1. The molecule has 3 aromatic heterocycles. The third-order valence-electron chi connectivity index (χ3n) is 4.36.